The van der Waals surface area contributed by atoms with Crippen LogP contribution >= 0.6 is 15.9 Å². The van der Waals surface area contributed by atoms with E-state index in [0.717, 1.165) is 0 Å². The van der Waals surface area contributed by atoms with Crippen LogP contribution in [0.2, 0.25) is 0 Å². The molecule has 0 atom stereocenters. The fourth-order valence-electron chi connectivity index (χ4n) is 1.91. The molecule has 21 heavy (non-hydrogen) atoms. The van der Waals surface area contributed by atoms with Crippen LogP contribution < -0.4 is 5.14 Å². The van der Waals surface area contributed by atoms with Gasteiger partial charge in [0.2, 0.25) is 0 Å². The lowest BCUT2D eigenvalue weighted by Crippen LogP contribution is -2.29. The standard InChI is InChI=1S/C12H14BrFN4O2S/c1-12(2,3)18-10(16-17-11(18)21(15,19)20)7-5-4-6-8(14)9(7)13/h4-6H,1-3H3,(H2,15,19,20). The van der Waals surface area contributed by atoms with Crippen molar-refractivity contribution in [1.29, 1.82) is 0 Å². The predicted molar refractivity (Wildman–Crippen MR) is 79.5 cm³/mol. The molecular formula is C12H14BrFN4O2S. The van der Waals surface area contributed by atoms with E-state index < -0.39 is 21.4 Å². The van der Waals surface area contributed by atoms with E-state index in [1.165, 1.54) is 16.7 Å². The highest BCUT2D eigenvalue weighted by Gasteiger charge is 2.30. The second-order valence-corrected chi connectivity index (χ2v) is 7.71. The van der Waals surface area contributed by atoms with Crippen LogP contribution in [0.4, 0.5) is 4.39 Å². The summed E-state index contributed by atoms with van der Waals surface area (Å²) in [5, 5.41) is 12.4. The molecule has 114 valence electrons. The van der Waals surface area contributed by atoms with Crippen LogP contribution in [0.15, 0.2) is 27.8 Å². The Morgan fingerprint density at radius 1 is 1.29 bits per heavy atom. The lowest BCUT2D eigenvalue weighted by atomic mass is 10.1. The fourth-order valence-corrected chi connectivity index (χ4v) is 3.12. The first-order chi connectivity index (χ1) is 9.53. The molecule has 0 aliphatic heterocycles. The molecular weight excluding hydrogens is 363 g/mol. The Morgan fingerprint density at radius 3 is 2.43 bits per heavy atom. The molecule has 0 spiro atoms. The zero-order valence-corrected chi connectivity index (χ0v) is 14.0. The number of rotatable bonds is 2. The molecule has 0 aliphatic rings. The van der Waals surface area contributed by atoms with Crippen LogP contribution in [0.3, 0.4) is 0 Å². The molecule has 0 aliphatic carbocycles. The minimum atomic E-state index is -4.05. The molecule has 2 rings (SSSR count). The van der Waals surface area contributed by atoms with E-state index in [0.29, 0.717) is 5.56 Å². The number of primary sulfonamides is 1. The Labute approximate surface area is 130 Å². The summed E-state index contributed by atoms with van der Waals surface area (Å²) in [6.45, 7) is 5.34. The highest BCUT2D eigenvalue weighted by Crippen LogP contribution is 2.33. The van der Waals surface area contributed by atoms with Crippen LogP contribution in [0, 0.1) is 5.82 Å². The third-order valence-corrected chi connectivity index (χ3v) is 4.33. The first-order valence-corrected chi connectivity index (χ1v) is 8.30. The fraction of sp³-hybridized carbons (Fsp3) is 0.333. The van der Waals surface area contributed by atoms with Gasteiger partial charge in [-0.25, -0.2) is 17.9 Å². The van der Waals surface area contributed by atoms with Gasteiger partial charge in [0, 0.05) is 11.1 Å². The van der Waals surface area contributed by atoms with Crippen molar-refractivity contribution >= 4 is 26.0 Å². The number of aromatic nitrogens is 3. The third kappa shape index (κ3) is 2.99. The zero-order chi connectivity index (χ0) is 16.0. The molecule has 0 fully saturated rings. The van der Waals surface area contributed by atoms with Crippen molar-refractivity contribution in [2.45, 2.75) is 31.5 Å². The summed E-state index contributed by atoms with van der Waals surface area (Å²) in [5.74, 6) is -0.258. The Balaban J connectivity index is 2.83. The first kappa shape index (κ1) is 16.1. The van der Waals surface area contributed by atoms with Gasteiger partial charge in [-0.2, -0.15) is 0 Å². The predicted octanol–water partition coefficient (Wildman–Crippen LogP) is 2.25. The summed E-state index contributed by atoms with van der Waals surface area (Å²) in [5.41, 5.74) is -0.265. The number of halogens is 2. The Kier molecular flexibility index (Phi) is 3.94. The lowest BCUT2D eigenvalue weighted by Gasteiger charge is -2.24. The van der Waals surface area contributed by atoms with E-state index in [2.05, 4.69) is 26.1 Å². The molecule has 0 saturated carbocycles. The van der Waals surface area contributed by atoms with Gasteiger partial charge in [0.1, 0.15) is 5.82 Å². The van der Waals surface area contributed by atoms with Crippen LogP contribution in [0.1, 0.15) is 20.8 Å². The maximum atomic E-state index is 13.7. The third-order valence-electron chi connectivity index (χ3n) is 2.75. The van der Waals surface area contributed by atoms with Crippen LogP contribution in [-0.2, 0) is 15.6 Å². The van der Waals surface area contributed by atoms with Crippen molar-refractivity contribution < 1.29 is 12.8 Å². The van der Waals surface area contributed by atoms with Crippen molar-refractivity contribution in [3.05, 3.63) is 28.5 Å². The Morgan fingerprint density at radius 2 is 1.90 bits per heavy atom. The summed E-state index contributed by atoms with van der Waals surface area (Å²) in [6.07, 6.45) is 0. The van der Waals surface area contributed by atoms with Crippen molar-refractivity contribution in [2.75, 3.05) is 0 Å². The molecule has 0 amide bonds. The minimum Gasteiger partial charge on any atom is -0.291 e. The van der Waals surface area contributed by atoms with Crippen LogP contribution in [-0.4, -0.2) is 23.2 Å². The summed E-state index contributed by atoms with van der Waals surface area (Å²) in [7, 11) is -4.05. The van der Waals surface area contributed by atoms with Gasteiger partial charge in [-0.15, -0.1) is 10.2 Å². The molecule has 1 heterocycles. The maximum Gasteiger partial charge on any atom is 0.273 e. The zero-order valence-electron chi connectivity index (χ0n) is 11.6. The number of hydrogen-bond acceptors (Lipinski definition) is 4. The second-order valence-electron chi connectivity index (χ2n) is 5.46. The van der Waals surface area contributed by atoms with E-state index in [-0.39, 0.29) is 15.5 Å². The van der Waals surface area contributed by atoms with Gasteiger partial charge in [0.25, 0.3) is 15.2 Å². The average molecular weight is 377 g/mol. The Hall–Kier alpha value is -1.32. The smallest absolute Gasteiger partial charge is 0.273 e. The van der Waals surface area contributed by atoms with Gasteiger partial charge in [-0.05, 0) is 48.8 Å². The quantitative estimate of drug-likeness (QED) is 0.869. The number of nitrogens with zero attached hydrogens (tertiary/aromatic N) is 3. The SMILES string of the molecule is CC(C)(C)n1c(-c2cccc(F)c2Br)nnc1S(N)(=O)=O. The number of nitrogens with two attached hydrogens (primary N) is 1. The summed E-state index contributed by atoms with van der Waals surface area (Å²) >= 11 is 3.14. The average Bonchev–Trinajstić information content (AvgIpc) is 2.76. The van der Waals surface area contributed by atoms with Gasteiger partial charge in [0.15, 0.2) is 5.82 Å². The van der Waals surface area contributed by atoms with Gasteiger partial charge >= 0.3 is 0 Å². The first-order valence-electron chi connectivity index (χ1n) is 5.96. The molecule has 6 nitrogen and oxygen atoms in total. The van der Waals surface area contributed by atoms with E-state index in [1.807, 2.05) is 0 Å². The lowest BCUT2D eigenvalue weighted by molar-refractivity contribution is 0.366. The number of hydrogen-bond donors (Lipinski definition) is 1. The highest BCUT2D eigenvalue weighted by molar-refractivity contribution is 9.10. The van der Waals surface area contributed by atoms with E-state index in [4.69, 9.17) is 5.14 Å². The van der Waals surface area contributed by atoms with E-state index in [1.54, 1.807) is 26.8 Å². The number of sulfonamides is 1. The highest BCUT2D eigenvalue weighted by atomic mass is 79.9. The molecule has 2 N–H and O–H groups in total. The van der Waals surface area contributed by atoms with Gasteiger partial charge in [-0.1, -0.05) is 6.07 Å². The monoisotopic (exact) mass is 376 g/mol. The molecule has 9 heteroatoms. The summed E-state index contributed by atoms with van der Waals surface area (Å²) in [4.78, 5) is 0. The molecule has 0 bridgehead atoms. The van der Waals surface area contributed by atoms with E-state index >= 15 is 0 Å². The second kappa shape index (κ2) is 5.15. The Bertz CT molecular complexity index is 796. The van der Waals surface area contributed by atoms with E-state index in [9.17, 15) is 12.8 Å². The van der Waals surface area contributed by atoms with Gasteiger partial charge in [0.05, 0.1) is 4.47 Å². The number of benzene rings is 1. The molecule has 1 aromatic carbocycles. The molecule has 0 radical (unpaired) electrons. The van der Waals surface area contributed by atoms with Crippen molar-refractivity contribution in [3.63, 3.8) is 0 Å². The van der Waals surface area contributed by atoms with Crippen LogP contribution in [0.25, 0.3) is 11.4 Å². The normalized spacial score (nSPS) is 12.7. The van der Waals surface area contributed by atoms with Crippen LogP contribution in [0.5, 0.6) is 0 Å². The summed E-state index contributed by atoms with van der Waals surface area (Å²) < 4.78 is 38.6. The molecule has 0 saturated heterocycles. The minimum absolute atomic E-state index is 0.184. The van der Waals surface area contributed by atoms with Crippen molar-refractivity contribution in [3.8, 4) is 11.4 Å². The van der Waals surface area contributed by atoms with Gasteiger partial charge < -0.3 is 0 Å². The molecule has 2 aromatic rings. The van der Waals surface area contributed by atoms with Gasteiger partial charge in [-0.3, -0.25) is 4.57 Å². The molecule has 1 aromatic heterocycles. The summed E-state index contributed by atoms with van der Waals surface area (Å²) in [6, 6.07) is 4.41. The maximum absolute atomic E-state index is 13.7. The largest absolute Gasteiger partial charge is 0.291 e. The van der Waals surface area contributed by atoms with Crippen molar-refractivity contribution in [2.24, 2.45) is 5.14 Å². The topological polar surface area (TPSA) is 90.9 Å². The molecule has 0 unspecified atom stereocenters. The van der Waals surface area contributed by atoms with Crippen molar-refractivity contribution in [1.82, 2.24) is 14.8 Å².